The molecular formula is C14H20N6O2. The standard InChI is InChI=1S/C14H20N6O2/c1-8-6-12(19-22-8)17-14(21)9(2)15-11-4-5-13-16-10(3)18-20(13)7-11/h6,9,11,15H,4-5,7H2,1-3H3,(H,17,19,21). The third-order valence-electron chi connectivity index (χ3n) is 3.72. The fourth-order valence-corrected chi connectivity index (χ4v) is 2.66. The van der Waals surface area contributed by atoms with Crippen molar-refractivity contribution in [1.29, 1.82) is 0 Å². The molecule has 0 aromatic carbocycles. The number of amides is 1. The summed E-state index contributed by atoms with van der Waals surface area (Å²) >= 11 is 0. The van der Waals surface area contributed by atoms with Gasteiger partial charge in [-0.15, -0.1) is 0 Å². The van der Waals surface area contributed by atoms with Crippen molar-refractivity contribution in [2.75, 3.05) is 5.32 Å². The molecule has 2 unspecified atom stereocenters. The van der Waals surface area contributed by atoms with Crippen LogP contribution in [0, 0.1) is 13.8 Å². The van der Waals surface area contributed by atoms with E-state index >= 15 is 0 Å². The second-order valence-corrected chi connectivity index (χ2v) is 5.69. The number of aryl methyl sites for hydroxylation is 3. The molecule has 2 N–H and O–H groups in total. The second-order valence-electron chi connectivity index (χ2n) is 5.69. The molecule has 0 spiro atoms. The Balaban J connectivity index is 1.55. The van der Waals surface area contributed by atoms with Crippen molar-refractivity contribution in [3.05, 3.63) is 23.5 Å². The predicted octanol–water partition coefficient (Wildman–Crippen LogP) is 0.815. The van der Waals surface area contributed by atoms with Gasteiger partial charge in [0.05, 0.1) is 12.6 Å². The third kappa shape index (κ3) is 3.16. The SMILES string of the molecule is Cc1nc2n(n1)CC(NC(C)C(=O)Nc1cc(C)on1)CC2. The Bertz CT molecular complexity index is 677. The zero-order chi connectivity index (χ0) is 15.7. The van der Waals surface area contributed by atoms with Gasteiger partial charge in [-0.3, -0.25) is 4.79 Å². The van der Waals surface area contributed by atoms with E-state index in [1.165, 1.54) is 0 Å². The van der Waals surface area contributed by atoms with Crippen LogP contribution in [0.2, 0.25) is 0 Å². The number of anilines is 1. The Morgan fingerprint density at radius 1 is 1.50 bits per heavy atom. The molecule has 0 fully saturated rings. The second kappa shape index (κ2) is 5.88. The van der Waals surface area contributed by atoms with E-state index in [0.717, 1.165) is 31.0 Å². The summed E-state index contributed by atoms with van der Waals surface area (Å²) < 4.78 is 6.85. The van der Waals surface area contributed by atoms with Gasteiger partial charge < -0.3 is 15.2 Å². The average molecular weight is 304 g/mol. The van der Waals surface area contributed by atoms with Gasteiger partial charge in [0.25, 0.3) is 0 Å². The van der Waals surface area contributed by atoms with Crippen molar-refractivity contribution >= 4 is 11.7 Å². The van der Waals surface area contributed by atoms with Gasteiger partial charge in [-0.2, -0.15) is 5.10 Å². The van der Waals surface area contributed by atoms with Crippen molar-refractivity contribution < 1.29 is 9.32 Å². The van der Waals surface area contributed by atoms with Gasteiger partial charge in [-0.25, -0.2) is 9.67 Å². The highest BCUT2D eigenvalue weighted by Crippen LogP contribution is 2.14. The molecule has 1 aliphatic heterocycles. The van der Waals surface area contributed by atoms with E-state index in [1.807, 2.05) is 18.5 Å². The molecule has 22 heavy (non-hydrogen) atoms. The van der Waals surface area contributed by atoms with Crippen LogP contribution in [0.5, 0.6) is 0 Å². The molecule has 2 aromatic rings. The lowest BCUT2D eigenvalue weighted by Crippen LogP contribution is -2.47. The average Bonchev–Trinajstić information content (AvgIpc) is 3.03. The monoisotopic (exact) mass is 304 g/mol. The number of rotatable bonds is 4. The van der Waals surface area contributed by atoms with Crippen LogP contribution in [-0.2, 0) is 17.8 Å². The first kappa shape index (κ1) is 14.7. The van der Waals surface area contributed by atoms with Crippen molar-refractivity contribution in [2.45, 2.75) is 52.2 Å². The first-order valence-electron chi connectivity index (χ1n) is 7.42. The molecule has 0 bridgehead atoms. The highest BCUT2D eigenvalue weighted by atomic mass is 16.5. The number of hydrogen-bond donors (Lipinski definition) is 2. The van der Waals surface area contributed by atoms with Crippen molar-refractivity contribution in [3.63, 3.8) is 0 Å². The zero-order valence-corrected chi connectivity index (χ0v) is 13.0. The number of fused-ring (bicyclic) bond motifs is 1. The minimum absolute atomic E-state index is 0.131. The first-order valence-corrected chi connectivity index (χ1v) is 7.42. The van der Waals surface area contributed by atoms with E-state index in [2.05, 4.69) is 25.9 Å². The number of carbonyl (C=O) groups is 1. The van der Waals surface area contributed by atoms with Gasteiger partial charge >= 0.3 is 0 Å². The van der Waals surface area contributed by atoms with Crippen molar-refractivity contribution in [3.8, 4) is 0 Å². The zero-order valence-electron chi connectivity index (χ0n) is 13.0. The van der Waals surface area contributed by atoms with Crippen LogP contribution in [0.3, 0.4) is 0 Å². The van der Waals surface area contributed by atoms with Crippen LogP contribution in [0.25, 0.3) is 0 Å². The van der Waals surface area contributed by atoms with E-state index in [-0.39, 0.29) is 18.0 Å². The van der Waals surface area contributed by atoms with Crippen LogP contribution in [-0.4, -0.2) is 37.9 Å². The molecule has 0 saturated heterocycles. The summed E-state index contributed by atoms with van der Waals surface area (Å²) in [6.45, 7) is 6.25. The van der Waals surface area contributed by atoms with Gasteiger partial charge in [0.2, 0.25) is 5.91 Å². The van der Waals surface area contributed by atoms with E-state index in [9.17, 15) is 4.79 Å². The topological polar surface area (TPSA) is 97.9 Å². The molecule has 3 heterocycles. The third-order valence-corrected chi connectivity index (χ3v) is 3.72. The molecule has 0 radical (unpaired) electrons. The first-order chi connectivity index (χ1) is 10.5. The van der Waals surface area contributed by atoms with Crippen LogP contribution in [0.1, 0.15) is 30.8 Å². The minimum atomic E-state index is -0.326. The predicted molar refractivity (Wildman–Crippen MR) is 79.3 cm³/mol. The van der Waals surface area contributed by atoms with Gasteiger partial charge in [0, 0.05) is 18.5 Å². The van der Waals surface area contributed by atoms with E-state index in [1.54, 1.807) is 13.0 Å². The smallest absolute Gasteiger partial charge is 0.242 e. The van der Waals surface area contributed by atoms with E-state index in [4.69, 9.17) is 4.52 Å². The largest absolute Gasteiger partial charge is 0.360 e. The van der Waals surface area contributed by atoms with Crippen LogP contribution < -0.4 is 10.6 Å². The number of nitrogens with zero attached hydrogens (tertiary/aromatic N) is 4. The Morgan fingerprint density at radius 2 is 2.32 bits per heavy atom. The van der Waals surface area contributed by atoms with Crippen LogP contribution in [0.4, 0.5) is 5.82 Å². The summed E-state index contributed by atoms with van der Waals surface area (Å²) in [4.78, 5) is 16.5. The maximum absolute atomic E-state index is 12.2. The molecule has 1 amide bonds. The summed E-state index contributed by atoms with van der Waals surface area (Å²) in [5, 5.41) is 14.2. The van der Waals surface area contributed by atoms with Crippen LogP contribution in [0.15, 0.2) is 10.6 Å². The molecular weight excluding hydrogens is 284 g/mol. The number of aromatic nitrogens is 4. The molecule has 2 aromatic heterocycles. The van der Waals surface area contributed by atoms with Gasteiger partial charge in [0.15, 0.2) is 5.82 Å². The molecule has 3 rings (SSSR count). The molecule has 2 atom stereocenters. The van der Waals surface area contributed by atoms with Gasteiger partial charge in [0.1, 0.15) is 17.4 Å². The summed E-state index contributed by atoms with van der Waals surface area (Å²) in [7, 11) is 0. The maximum atomic E-state index is 12.2. The van der Waals surface area contributed by atoms with Crippen molar-refractivity contribution in [1.82, 2.24) is 25.2 Å². The fourth-order valence-electron chi connectivity index (χ4n) is 2.66. The van der Waals surface area contributed by atoms with Crippen molar-refractivity contribution in [2.24, 2.45) is 0 Å². The highest BCUT2D eigenvalue weighted by Gasteiger charge is 2.24. The molecule has 0 saturated carbocycles. The lowest BCUT2D eigenvalue weighted by atomic mass is 10.1. The Morgan fingerprint density at radius 3 is 3.05 bits per heavy atom. The summed E-state index contributed by atoms with van der Waals surface area (Å²) in [5.74, 6) is 2.79. The summed E-state index contributed by atoms with van der Waals surface area (Å²) in [6, 6.07) is 1.57. The Labute approximate surface area is 128 Å². The summed E-state index contributed by atoms with van der Waals surface area (Å²) in [6.07, 6.45) is 1.81. The molecule has 8 heteroatoms. The lowest BCUT2D eigenvalue weighted by molar-refractivity contribution is -0.118. The number of carbonyl (C=O) groups excluding carboxylic acids is 1. The highest BCUT2D eigenvalue weighted by molar-refractivity contribution is 5.93. The number of nitrogens with one attached hydrogen (secondary N) is 2. The van der Waals surface area contributed by atoms with Crippen LogP contribution >= 0.6 is 0 Å². The Kier molecular flexibility index (Phi) is 3.93. The quantitative estimate of drug-likeness (QED) is 0.867. The molecule has 8 nitrogen and oxygen atoms in total. The van der Waals surface area contributed by atoms with Gasteiger partial charge in [-0.05, 0) is 27.2 Å². The molecule has 1 aliphatic rings. The Hall–Kier alpha value is -2.22. The normalized spacial score (nSPS) is 18.8. The van der Waals surface area contributed by atoms with E-state index < -0.39 is 0 Å². The molecule has 118 valence electrons. The molecule has 0 aliphatic carbocycles. The van der Waals surface area contributed by atoms with Gasteiger partial charge in [-0.1, -0.05) is 5.16 Å². The fraction of sp³-hybridized carbons (Fsp3) is 0.571. The summed E-state index contributed by atoms with van der Waals surface area (Å²) in [5.41, 5.74) is 0. The minimum Gasteiger partial charge on any atom is -0.360 e. The maximum Gasteiger partial charge on any atom is 0.242 e. The van der Waals surface area contributed by atoms with E-state index in [0.29, 0.717) is 11.6 Å². The number of hydrogen-bond acceptors (Lipinski definition) is 6. The lowest BCUT2D eigenvalue weighted by Gasteiger charge is -2.26.